The normalized spacial score (nSPS) is 10.8. The van der Waals surface area contributed by atoms with Gasteiger partial charge in [0.1, 0.15) is 11.6 Å². The van der Waals surface area contributed by atoms with E-state index in [1.54, 1.807) is 17.9 Å². The molecule has 8 nitrogen and oxygen atoms in total. The number of para-hydroxylation sites is 1. The van der Waals surface area contributed by atoms with Gasteiger partial charge in [-0.2, -0.15) is 5.10 Å². The SMILES string of the molecule is C=CCn1c(SCC(=O)Nc2cc(C)nn2-c2ccc(C)cc2)nnc1-c1ccccc1OC. The number of carbonyl (C=O) groups is 1. The van der Waals surface area contributed by atoms with Gasteiger partial charge in [-0.3, -0.25) is 9.36 Å². The summed E-state index contributed by atoms with van der Waals surface area (Å²) in [6.45, 7) is 8.27. The van der Waals surface area contributed by atoms with Crippen LogP contribution >= 0.6 is 11.8 Å². The summed E-state index contributed by atoms with van der Waals surface area (Å²) >= 11 is 1.31. The number of nitrogens with one attached hydrogen (secondary N) is 1. The molecule has 2 heterocycles. The van der Waals surface area contributed by atoms with Crippen molar-refractivity contribution < 1.29 is 9.53 Å². The second-order valence-corrected chi connectivity index (χ2v) is 8.60. The topological polar surface area (TPSA) is 86.9 Å². The van der Waals surface area contributed by atoms with Crippen molar-refractivity contribution in [2.24, 2.45) is 0 Å². The minimum Gasteiger partial charge on any atom is -0.496 e. The zero-order chi connectivity index (χ0) is 24.1. The lowest BCUT2D eigenvalue weighted by atomic mass is 10.2. The lowest BCUT2D eigenvalue weighted by Crippen LogP contribution is -2.17. The quantitative estimate of drug-likeness (QED) is 0.280. The Labute approximate surface area is 202 Å². The van der Waals surface area contributed by atoms with E-state index in [-0.39, 0.29) is 11.7 Å². The van der Waals surface area contributed by atoms with Crippen molar-refractivity contribution in [1.82, 2.24) is 24.5 Å². The summed E-state index contributed by atoms with van der Waals surface area (Å²) in [7, 11) is 1.62. The van der Waals surface area contributed by atoms with Crippen LogP contribution < -0.4 is 10.1 Å². The number of hydrogen-bond donors (Lipinski definition) is 1. The summed E-state index contributed by atoms with van der Waals surface area (Å²) in [5.74, 6) is 1.99. The van der Waals surface area contributed by atoms with Crippen LogP contribution in [0.5, 0.6) is 5.75 Å². The number of anilines is 1. The number of ether oxygens (including phenoxy) is 1. The minimum absolute atomic E-state index is 0.162. The number of thioether (sulfide) groups is 1. The first-order chi connectivity index (χ1) is 16.5. The van der Waals surface area contributed by atoms with E-state index >= 15 is 0 Å². The Bertz CT molecular complexity index is 1310. The zero-order valence-electron chi connectivity index (χ0n) is 19.4. The monoisotopic (exact) mass is 474 g/mol. The van der Waals surface area contributed by atoms with Crippen molar-refractivity contribution in [2.75, 3.05) is 18.2 Å². The summed E-state index contributed by atoms with van der Waals surface area (Å²) in [5.41, 5.74) is 3.68. The highest BCUT2D eigenvalue weighted by molar-refractivity contribution is 7.99. The Morgan fingerprint density at radius 1 is 1.15 bits per heavy atom. The van der Waals surface area contributed by atoms with Crippen LogP contribution in [-0.4, -0.2) is 43.3 Å². The van der Waals surface area contributed by atoms with E-state index in [1.165, 1.54) is 11.8 Å². The molecule has 0 bridgehead atoms. The molecule has 0 saturated heterocycles. The predicted molar refractivity (Wildman–Crippen MR) is 135 cm³/mol. The van der Waals surface area contributed by atoms with Gasteiger partial charge in [0.2, 0.25) is 5.91 Å². The molecule has 4 aromatic rings. The Morgan fingerprint density at radius 2 is 1.91 bits per heavy atom. The van der Waals surface area contributed by atoms with Crippen LogP contribution in [0.25, 0.3) is 17.1 Å². The fourth-order valence-corrected chi connectivity index (χ4v) is 4.25. The third-order valence-corrected chi connectivity index (χ3v) is 6.05. The Morgan fingerprint density at radius 3 is 2.65 bits per heavy atom. The van der Waals surface area contributed by atoms with Crippen molar-refractivity contribution in [2.45, 2.75) is 25.5 Å². The molecule has 34 heavy (non-hydrogen) atoms. The molecule has 4 rings (SSSR count). The van der Waals surface area contributed by atoms with Gasteiger partial charge < -0.3 is 10.1 Å². The van der Waals surface area contributed by atoms with Crippen LogP contribution in [-0.2, 0) is 11.3 Å². The highest BCUT2D eigenvalue weighted by Crippen LogP contribution is 2.31. The molecule has 0 aliphatic rings. The molecular formula is C25H26N6O2S. The van der Waals surface area contributed by atoms with Crippen LogP contribution in [0.1, 0.15) is 11.3 Å². The summed E-state index contributed by atoms with van der Waals surface area (Å²) in [5, 5.41) is 16.8. The molecule has 1 N–H and O–H groups in total. The van der Waals surface area contributed by atoms with Crippen molar-refractivity contribution in [3.63, 3.8) is 0 Å². The maximum Gasteiger partial charge on any atom is 0.236 e. The standard InChI is InChI=1S/C25H26N6O2S/c1-5-14-30-24(20-8-6-7-9-21(20)33-4)27-28-25(30)34-16-23(32)26-22-15-18(3)29-31(22)19-12-10-17(2)11-13-19/h5-13,15H,1,14,16H2,2-4H3,(H,26,32). The molecule has 0 aliphatic carbocycles. The van der Waals surface area contributed by atoms with Gasteiger partial charge in [0.15, 0.2) is 11.0 Å². The number of methoxy groups -OCH3 is 1. The van der Waals surface area contributed by atoms with Crippen molar-refractivity contribution in [3.05, 3.63) is 78.5 Å². The molecular weight excluding hydrogens is 448 g/mol. The lowest BCUT2D eigenvalue weighted by Gasteiger charge is -2.11. The minimum atomic E-state index is -0.162. The first-order valence-corrected chi connectivity index (χ1v) is 11.7. The van der Waals surface area contributed by atoms with E-state index in [2.05, 4.69) is 27.2 Å². The fraction of sp³-hybridized carbons (Fsp3) is 0.200. The number of allylic oxidation sites excluding steroid dienone is 1. The third-order valence-electron chi connectivity index (χ3n) is 5.09. The summed E-state index contributed by atoms with van der Waals surface area (Å²) in [6, 6.07) is 17.5. The number of amides is 1. The summed E-state index contributed by atoms with van der Waals surface area (Å²) < 4.78 is 9.13. The van der Waals surface area contributed by atoms with E-state index in [1.807, 2.05) is 73.0 Å². The number of rotatable bonds is 9. The molecule has 1 amide bonds. The maximum atomic E-state index is 12.8. The van der Waals surface area contributed by atoms with Crippen LogP contribution in [0, 0.1) is 13.8 Å². The number of nitrogens with zero attached hydrogens (tertiary/aromatic N) is 5. The van der Waals surface area contributed by atoms with Gasteiger partial charge in [-0.25, -0.2) is 4.68 Å². The summed E-state index contributed by atoms with van der Waals surface area (Å²) in [4.78, 5) is 12.8. The van der Waals surface area contributed by atoms with Crippen LogP contribution in [0.4, 0.5) is 5.82 Å². The molecule has 0 unspecified atom stereocenters. The number of aromatic nitrogens is 5. The van der Waals surface area contributed by atoms with Crippen molar-refractivity contribution in [1.29, 1.82) is 0 Å². The van der Waals surface area contributed by atoms with E-state index in [0.29, 0.717) is 29.1 Å². The molecule has 0 saturated carbocycles. The van der Waals surface area contributed by atoms with Crippen molar-refractivity contribution in [3.8, 4) is 22.8 Å². The van der Waals surface area contributed by atoms with Crippen LogP contribution in [0.15, 0.2) is 72.4 Å². The Hall–Kier alpha value is -3.85. The van der Waals surface area contributed by atoms with Gasteiger partial charge in [-0.05, 0) is 38.1 Å². The maximum absolute atomic E-state index is 12.8. The zero-order valence-corrected chi connectivity index (χ0v) is 20.2. The summed E-state index contributed by atoms with van der Waals surface area (Å²) in [6.07, 6.45) is 1.77. The van der Waals surface area contributed by atoms with Gasteiger partial charge in [-0.1, -0.05) is 47.7 Å². The van der Waals surface area contributed by atoms with E-state index in [9.17, 15) is 4.79 Å². The molecule has 0 atom stereocenters. The molecule has 0 spiro atoms. The lowest BCUT2D eigenvalue weighted by molar-refractivity contribution is -0.113. The van der Waals surface area contributed by atoms with E-state index in [4.69, 9.17) is 4.74 Å². The Balaban J connectivity index is 1.51. The van der Waals surface area contributed by atoms with E-state index in [0.717, 1.165) is 22.5 Å². The fourth-order valence-electron chi connectivity index (χ4n) is 3.50. The highest BCUT2D eigenvalue weighted by Gasteiger charge is 2.18. The molecule has 174 valence electrons. The molecule has 0 aliphatic heterocycles. The van der Waals surface area contributed by atoms with Gasteiger partial charge in [0, 0.05) is 12.6 Å². The highest BCUT2D eigenvalue weighted by atomic mass is 32.2. The second kappa shape index (κ2) is 10.4. The predicted octanol–water partition coefficient (Wildman–Crippen LogP) is 4.67. The first kappa shape index (κ1) is 23.3. The van der Waals surface area contributed by atoms with Gasteiger partial charge >= 0.3 is 0 Å². The van der Waals surface area contributed by atoms with Gasteiger partial charge in [0.25, 0.3) is 0 Å². The largest absolute Gasteiger partial charge is 0.496 e. The third kappa shape index (κ3) is 5.04. The molecule has 0 radical (unpaired) electrons. The Kier molecular flexibility index (Phi) is 7.12. The molecule has 9 heteroatoms. The molecule has 2 aromatic carbocycles. The van der Waals surface area contributed by atoms with Crippen LogP contribution in [0.2, 0.25) is 0 Å². The van der Waals surface area contributed by atoms with E-state index < -0.39 is 0 Å². The number of aryl methyl sites for hydroxylation is 2. The van der Waals surface area contributed by atoms with Gasteiger partial charge in [-0.15, -0.1) is 16.8 Å². The smallest absolute Gasteiger partial charge is 0.236 e. The molecule has 0 fully saturated rings. The second-order valence-electron chi connectivity index (χ2n) is 7.66. The average Bonchev–Trinajstić information content (AvgIpc) is 3.41. The van der Waals surface area contributed by atoms with Crippen LogP contribution in [0.3, 0.4) is 0 Å². The number of hydrogen-bond acceptors (Lipinski definition) is 6. The van der Waals surface area contributed by atoms with Crippen molar-refractivity contribution >= 4 is 23.5 Å². The molecule has 2 aromatic heterocycles. The number of carbonyl (C=O) groups excluding carboxylic acids is 1. The first-order valence-electron chi connectivity index (χ1n) is 10.7. The average molecular weight is 475 g/mol. The number of benzene rings is 2. The van der Waals surface area contributed by atoms with Gasteiger partial charge in [0.05, 0.1) is 29.8 Å².